The lowest BCUT2D eigenvalue weighted by molar-refractivity contribution is 0.242. The first-order chi connectivity index (χ1) is 10.1. The molecule has 1 aliphatic rings. The number of ether oxygens (including phenoxy) is 1. The van der Waals surface area contributed by atoms with Gasteiger partial charge >= 0.3 is 0 Å². The molecular formula is C18H28ClNO. The molecule has 1 aliphatic carbocycles. The van der Waals surface area contributed by atoms with Crippen LogP contribution in [-0.2, 0) is 0 Å². The predicted molar refractivity (Wildman–Crippen MR) is 91.5 cm³/mol. The van der Waals surface area contributed by atoms with Gasteiger partial charge in [0, 0.05) is 11.7 Å². The van der Waals surface area contributed by atoms with Crippen molar-refractivity contribution in [2.75, 3.05) is 5.32 Å². The Hall–Kier alpha value is -0.890. The number of hydrogen-bond acceptors (Lipinski definition) is 2. The maximum Gasteiger partial charge on any atom is 0.138 e. The van der Waals surface area contributed by atoms with Gasteiger partial charge in [-0.3, -0.25) is 0 Å². The lowest BCUT2D eigenvalue weighted by Gasteiger charge is -2.19. The third-order valence-corrected chi connectivity index (χ3v) is 4.63. The fraction of sp³-hybridized carbons (Fsp3) is 0.667. The molecule has 1 aromatic carbocycles. The summed E-state index contributed by atoms with van der Waals surface area (Å²) in [6, 6.07) is 6.61. The van der Waals surface area contributed by atoms with Crippen molar-refractivity contribution in [2.24, 2.45) is 5.92 Å². The fourth-order valence-electron chi connectivity index (χ4n) is 3.11. The second-order valence-electron chi connectivity index (χ2n) is 6.44. The van der Waals surface area contributed by atoms with Crippen molar-refractivity contribution in [2.45, 2.75) is 71.4 Å². The van der Waals surface area contributed by atoms with Crippen molar-refractivity contribution in [3.63, 3.8) is 0 Å². The Labute approximate surface area is 134 Å². The Balaban J connectivity index is 1.95. The first kappa shape index (κ1) is 16.5. The van der Waals surface area contributed by atoms with Crippen LogP contribution in [0, 0.1) is 5.92 Å². The second-order valence-corrected chi connectivity index (χ2v) is 6.84. The highest BCUT2D eigenvalue weighted by atomic mass is 35.5. The molecule has 0 aromatic heterocycles. The molecule has 3 heteroatoms. The van der Waals surface area contributed by atoms with Gasteiger partial charge in [-0.15, -0.1) is 0 Å². The number of benzene rings is 1. The SMILES string of the molecule is CCC1CCCC(Nc2ccc(OC(C)C)c(Cl)c2)CC1. The molecule has 0 heterocycles. The van der Waals surface area contributed by atoms with Gasteiger partial charge in [-0.2, -0.15) is 0 Å². The molecule has 0 saturated heterocycles. The van der Waals surface area contributed by atoms with Crippen LogP contribution in [0.5, 0.6) is 5.75 Å². The van der Waals surface area contributed by atoms with Crippen LogP contribution in [-0.4, -0.2) is 12.1 Å². The molecule has 118 valence electrons. The normalized spacial score (nSPS) is 22.9. The van der Waals surface area contributed by atoms with E-state index in [-0.39, 0.29) is 6.10 Å². The number of nitrogens with one attached hydrogen (secondary N) is 1. The van der Waals surface area contributed by atoms with E-state index in [0.717, 1.165) is 17.4 Å². The summed E-state index contributed by atoms with van der Waals surface area (Å²) in [5.41, 5.74) is 1.11. The van der Waals surface area contributed by atoms with E-state index in [1.54, 1.807) is 0 Å². The van der Waals surface area contributed by atoms with E-state index >= 15 is 0 Å². The molecule has 0 spiro atoms. The van der Waals surface area contributed by atoms with Gasteiger partial charge < -0.3 is 10.1 Å². The first-order valence-corrected chi connectivity index (χ1v) is 8.69. The Morgan fingerprint density at radius 3 is 2.71 bits per heavy atom. The summed E-state index contributed by atoms with van der Waals surface area (Å²) >= 11 is 6.30. The smallest absolute Gasteiger partial charge is 0.138 e. The van der Waals surface area contributed by atoms with Crippen molar-refractivity contribution in [3.8, 4) is 5.75 Å². The van der Waals surface area contributed by atoms with Gasteiger partial charge in [0.2, 0.25) is 0 Å². The van der Waals surface area contributed by atoms with E-state index in [9.17, 15) is 0 Å². The largest absolute Gasteiger partial charge is 0.489 e. The molecule has 2 nitrogen and oxygen atoms in total. The fourth-order valence-corrected chi connectivity index (χ4v) is 3.33. The van der Waals surface area contributed by atoms with Crippen molar-refractivity contribution >= 4 is 17.3 Å². The molecule has 21 heavy (non-hydrogen) atoms. The Morgan fingerprint density at radius 2 is 2.05 bits per heavy atom. The summed E-state index contributed by atoms with van der Waals surface area (Å²) in [6.45, 7) is 6.34. The van der Waals surface area contributed by atoms with Gasteiger partial charge in [-0.1, -0.05) is 37.8 Å². The van der Waals surface area contributed by atoms with E-state index in [4.69, 9.17) is 16.3 Å². The summed E-state index contributed by atoms with van der Waals surface area (Å²) in [4.78, 5) is 0. The third kappa shape index (κ3) is 5.10. The minimum atomic E-state index is 0.147. The minimum Gasteiger partial charge on any atom is -0.489 e. The van der Waals surface area contributed by atoms with Gasteiger partial charge in [-0.25, -0.2) is 0 Å². The van der Waals surface area contributed by atoms with Crippen molar-refractivity contribution in [1.29, 1.82) is 0 Å². The quantitative estimate of drug-likeness (QED) is 0.684. The average molecular weight is 310 g/mol. The molecule has 2 rings (SSSR count). The Bertz CT molecular complexity index is 447. The monoisotopic (exact) mass is 309 g/mol. The van der Waals surface area contributed by atoms with Gasteiger partial charge in [0.1, 0.15) is 5.75 Å². The molecule has 0 radical (unpaired) electrons. The zero-order chi connectivity index (χ0) is 15.2. The highest BCUT2D eigenvalue weighted by molar-refractivity contribution is 6.32. The Morgan fingerprint density at radius 1 is 1.24 bits per heavy atom. The zero-order valence-corrected chi connectivity index (χ0v) is 14.2. The van der Waals surface area contributed by atoms with Gasteiger partial charge in [-0.05, 0) is 57.2 Å². The standard InChI is InChI=1S/C18H28ClNO/c1-4-14-6-5-7-15(9-8-14)20-16-10-11-18(17(19)12-16)21-13(2)3/h10-15,20H,4-9H2,1-3H3. The number of anilines is 1. The summed E-state index contributed by atoms with van der Waals surface area (Å²) in [6.07, 6.45) is 8.05. The highest BCUT2D eigenvalue weighted by Crippen LogP contribution is 2.31. The van der Waals surface area contributed by atoms with Crippen LogP contribution in [0.25, 0.3) is 0 Å². The molecular weight excluding hydrogens is 282 g/mol. The number of rotatable bonds is 5. The van der Waals surface area contributed by atoms with Crippen LogP contribution in [0.1, 0.15) is 59.3 Å². The maximum atomic E-state index is 6.30. The lowest BCUT2D eigenvalue weighted by Crippen LogP contribution is -2.18. The van der Waals surface area contributed by atoms with Gasteiger partial charge in [0.15, 0.2) is 0 Å². The van der Waals surface area contributed by atoms with E-state index in [1.165, 1.54) is 38.5 Å². The van der Waals surface area contributed by atoms with Crippen molar-refractivity contribution in [1.82, 2.24) is 0 Å². The first-order valence-electron chi connectivity index (χ1n) is 8.31. The van der Waals surface area contributed by atoms with Crippen LogP contribution < -0.4 is 10.1 Å². The van der Waals surface area contributed by atoms with Crippen LogP contribution in [0.4, 0.5) is 5.69 Å². The topological polar surface area (TPSA) is 21.3 Å². The molecule has 1 aromatic rings. The summed E-state index contributed by atoms with van der Waals surface area (Å²) in [5.74, 6) is 1.69. The average Bonchev–Trinajstić information content (AvgIpc) is 2.67. The molecule has 0 bridgehead atoms. The van der Waals surface area contributed by atoms with E-state index in [2.05, 4.69) is 18.3 Å². The third-order valence-electron chi connectivity index (χ3n) is 4.33. The van der Waals surface area contributed by atoms with Gasteiger partial charge in [0.05, 0.1) is 11.1 Å². The van der Waals surface area contributed by atoms with Crippen molar-refractivity contribution < 1.29 is 4.74 Å². The molecule has 2 atom stereocenters. The van der Waals surface area contributed by atoms with E-state index < -0.39 is 0 Å². The van der Waals surface area contributed by atoms with E-state index in [0.29, 0.717) is 11.1 Å². The molecule has 1 saturated carbocycles. The predicted octanol–water partition coefficient (Wildman–Crippen LogP) is 5.90. The minimum absolute atomic E-state index is 0.147. The second kappa shape index (κ2) is 7.93. The van der Waals surface area contributed by atoms with E-state index in [1.807, 2.05) is 26.0 Å². The van der Waals surface area contributed by atoms with Crippen LogP contribution in [0.2, 0.25) is 5.02 Å². The molecule has 0 aliphatic heterocycles. The van der Waals surface area contributed by atoms with Crippen LogP contribution >= 0.6 is 11.6 Å². The molecule has 1 fully saturated rings. The van der Waals surface area contributed by atoms with Crippen molar-refractivity contribution in [3.05, 3.63) is 23.2 Å². The molecule has 1 N–H and O–H groups in total. The number of hydrogen-bond donors (Lipinski definition) is 1. The molecule has 2 unspecified atom stereocenters. The summed E-state index contributed by atoms with van der Waals surface area (Å²) < 4.78 is 5.68. The van der Waals surface area contributed by atoms with Gasteiger partial charge in [0.25, 0.3) is 0 Å². The summed E-state index contributed by atoms with van der Waals surface area (Å²) in [5, 5.41) is 4.34. The number of halogens is 1. The zero-order valence-electron chi connectivity index (χ0n) is 13.5. The highest BCUT2D eigenvalue weighted by Gasteiger charge is 2.18. The maximum absolute atomic E-state index is 6.30. The molecule has 0 amide bonds. The Kier molecular flexibility index (Phi) is 6.22. The summed E-state index contributed by atoms with van der Waals surface area (Å²) in [7, 11) is 0. The van der Waals surface area contributed by atoms with Crippen LogP contribution in [0.3, 0.4) is 0 Å². The van der Waals surface area contributed by atoms with Crippen LogP contribution in [0.15, 0.2) is 18.2 Å². The lowest BCUT2D eigenvalue weighted by atomic mass is 9.98.